The number of ether oxygens (including phenoxy) is 1. The maximum Gasteiger partial charge on any atom is 0.416 e. The Morgan fingerprint density at radius 1 is 1.09 bits per heavy atom. The molecule has 0 aliphatic rings. The number of carbonyl (C=O) groups is 1. The summed E-state index contributed by atoms with van der Waals surface area (Å²) in [5.74, 6) is -0.362. The Kier molecular flexibility index (Phi) is 6.28. The van der Waals surface area contributed by atoms with E-state index >= 15 is 0 Å². The standard InChI is InChI=1S/C25H23F3N4O2/c1-4-17-12-22(34-14-21(33)29-19-7-5-6-18(13-19)25(26,27)28)30-24-23(17)16(3)31-32(24)20-10-8-15(2)9-11-20/h5-13H,4,14H2,1-3H3,(H,29,33). The van der Waals surface area contributed by atoms with Gasteiger partial charge >= 0.3 is 6.18 Å². The van der Waals surface area contributed by atoms with Gasteiger partial charge in [-0.2, -0.15) is 23.3 Å². The molecule has 0 aliphatic heterocycles. The number of benzene rings is 2. The summed E-state index contributed by atoms with van der Waals surface area (Å²) in [5.41, 5.74) is 3.56. The highest BCUT2D eigenvalue weighted by molar-refractivity contribution is 5.92. The molecular formula is C25H23F3N4O2. The van der Waals surface area contributed by atoms with Crippen LogP contribution in [0.5, 0.6) is 5.88 Å². The number of rotatable bonds is 6. The van der Waals surface area contributed by atoms with Gasteiger partial charge in [-0.3, -0.25) is 4.79 Å². The summed E-state index contributed by atoms with van der Waals surface area (Å²) in [6, 6.07) is 14.1. The van der Waals surface area contributed by atoms with E-state index in [-0.39, 0.29) is 11.6 Å². The Bertz CT molecular complexity index is 1350. The first-order valence-corrected chi connectivity index (χ1v) is 10.7. The van der Waals surface area contributed by atoms with Crippen LogP contribution in [0.2, 0.25) is 0 Å². The Hall–Kier alpha value is -3.88. The molecule has 0 atom stereocenters. The lowest BCUT2D eigenvalue weighted by atomic mass is 10.1. The van der Waals surface area contributed by atoms with E-state index in [1.54, 1.807) is 10.7 Å². The maximum absolute atomic E-state index is 12.9. The van der Waals surface area contributed by atoms with E-state index in [0.29, 0.717) is 12.1 Å². The van der Waals surface area contributed by atoms with Crippen molar-refractivity contribution >= 4 is 22.6 Å². The number of nitrogens with zero attached hydrogens (tertiary/aromatic N) is 3. The minimum Gasteiger partial charge on any atom is -0.467 e. The molecule has 2 heterocycles. The van der Waals surface area contributed by atoms with Crippen molar-refractivity contribution in [3.05, 3.63) is 77.0 Å². The van der Waals surface area contributed by atoms with E-state index < -0.39 is 24.3 Å². The molecule has 4 rings (SSSR count). The average Bonchev–Trinajstić information content (AvgIpc) is 3.13. The number of alkyl halides is 3. The van der Waals surface area contributed by atoms with Crippen molar-refractivity contribution in [2.75, 3.05) is 11.9 Å². The van der Waals surface area contributed by atoms with Crippen LogP contribution in [0.3, 0.4) is 0 Å². The van der Waals surface area contributed by atoms with Gasteiger partial charge in [-0.05, 0) is 56.2 Å². The van der Waals surface area contributed by atoms with E-state index in [0.717, 1.165) is 40.0 Å². The number of carbonyl (C=O) groups excluding carboxylic acids is 1. The summed E-state index contributed by atoms with van der Waals surface area (Å²) < 4.78 is 46.0. The van der Waals surface area contributed by atoms with Crippen LogP contribution in [0.25, 0.3) is 16.7 Å². The van der Waals surface area contributed by atoms with E-state index in [1.165, 1.54) is 12.1 Å². The van der Waals surface area contributed by atoms with E-state index in [9.17, 15) is 18.0 Å². The van der Waals surface area contributed by atoms with Crippen molar-refractivity contribution in [2.45, 2.75) is 33.4 Å². The molecule has 1 N–H and O–H groups in total. The van der Waals surface area contributed by atoms with Gasteiger partial charge in [-0.1, -0.05) is 30.7 Å². The molecule has 9 heteroatoms. The molecule has 4 aromatic rings. The zero-order valence-corrected chi connectivity index (χ0v) is 18.9. The Morgan fingerprint density at radius 3 is 2.50 bits per heavy atom. The number of aryl methyl sites for hydroxylation is 3. The summed E-state index contributed by atoms with van der Waals surface area (Å²) in [4.78, 5) is 16.9. The molecule has 0 radical (unpaired) electrons. The Balaban J connectivity index is 1.57. The first-order chi connectivity index (χ1) is 16.2. The second kappa shape index (κ2) is 9.17. The molecule has 0 saturated heterocycles. The largest absolute Gasteiger partial charge is 0.467 e. The van der Waals surface area contributed by atoms with Gasteiger partial charge in [0.05, 0.1) is 16.9 Å². The molecule has 0 spiro atoms. The first-order valence-electron chi connectivity index (χ1n) is 10.7. The number of amides is 1. The van der Waals surface area contributed by atoms with Gasteiger partial charge in [0, 0.05) is 17.1 Å². The SMILES string of the molecule is CCc1cc(OCC(=O)Nc2cccc(C(F)(F)F)c2)nc2c1c(C)nn2-c1ccc(C)cc1. The number of fused-ring (bicyclic) bond motifs is 1. The maximum atomic E-state index is 12.9. The van der Waals surface area contributed by atoms with Crippen LogP contribution in [0.4, 0.5) is 18.9 Å². The second-order valence-corrected chi connectivity index (χ2v) is 7.92. The van der Waals surface area contributed by atoms with Gasteiger partial charge in [0.1, 0.15) is 0 Å². The summed E-state index contributed by atoms with van der Waals surface area (Å²) in [5, 5.41) is 7.99. The fourth-order valence-electron chi connectivity index (χ4n) is 3.68. The number of aromatic nitrogens is 3. The molecule has 2 aromatic carbocycles. The minimum absolute atomic E-state index is 0.0363. The second-order valence-electron chi connectivity index (χ2n) is 7.92. The van der Waals surface area contributed by atoms with Crippen LogP contribution in [-0.2, 0) is 17.4 Å². The molecule has 176 valence electrons. The van der Waals surface area contributed by atoms with Gasteiger partial charge in [-0.15, -0.1) is 0 Å². The first kappa shape index (κ1) is 23.3. The lowest BCUT2D eigenvalue weighted by Gasteiger charge is -2.11. The smallest absolute Gasteiger partial charge is 0.416 e. The highest BCUT2D eigenvalue weighted by atomic mass is 19.4. The number of pyridine rings is 1. The molecule has 0 saturated carbocycles. The third-order valence-electron chi connectivity index (χ3n) is 5.36. The van der Waals surface area contributed by atoms with Crippen molar-refractivity contribution in [1.29, 1.82) is 0 Å². The molecule has 0 fully saturated rings. The highest BCUT2D eigenvalue weighted by Crippen LogP contribution is 2.31. The molecule has 6 nitrogen and oxygen atoms in total. The molecule has 1 amide bonds. The lowest BCUT2D eigenvalue weighted by molar-refractivity contribution is -0.137. The highest BCUT2D eigenvalue weighted by Gasteiger charge is 2.30. The van der Waals surface area contributed by atoms with Crippen LogP contribution >= 0.6 is 0 Å². The number of hydrogen-bond acceptors (Lipinski definition) is 4. The molecule has 0 unspecified atom stereocenters. The van der Waals surface area contributed by atoms with E-state index in [1.807, 2.05) is 45.0 Å². The summed E-state index contributed by atoms with van der Waals surface area (Å²) in [6.45, 7) is 5.51. The minimum atomic E-state index is -4.49. The van der Waals surface area contributed by atoms with Gasteiger partial charge in [0.2, 0.25) is 5.88 Å². The molecule has 34 heavy (non-hydrogen) atoms. The van der Waals surface area contributed by atoms with Gasteiger partial charge in [0.15, 0.2) is 12.3 Å². The van der Waals surface area contributed by atoms with Crippen LogP contribution < -0.4 is 10.1 Å². The van der Waals surface area contributed by atoms with Crippen molar-refractivity contribution in [3.8, 4) is 11.6 Å². The quantitative estimate of drug-likeness (QED) is 0.398. The van der Waals surface area contributed by atoms with Gasteiger partial charge in [-0.25, -0.2) is 4.68 Å². The predicted octanol–water partition coefficient (Wildman–Crippen LogP) is 5.64. The monoisotopic (exact) mass is 468 g/mol. The van der Waals surface area contributed by atoms with Gasteiger partial charge in [0.25, 0.3) is 5.91 Å². The van der Waals surface area contributed by atoms with Gasteiger partial charge < -0.3 is 10.1 Å². The van der Waals surface area contributed by atoms with Crippen LogP contribution in [0, 0.1) is 13.8 Å². The number of anilines is 1. The van der Waals surface area contributed by atoms with Crippen molar-refractivity contribution in [1.82, 2.24) is 14.8 Å². The fraction of sp³-hybridized carbons (Fsp3) is 0.240. The molecular weight excluding hydrogens is 445 g/mol. The predicted molar refractivity (Wildman–Crippen MR) is 123 cm³/mol. The number of hydrogen-bond donors (Lipinski definition) is 1. The molecule has 0 aliphatic carbocycles. The lowest BCUT2D eigenvalue weighted by Crippen LogP contribution is -2.21. The third kappa shape index (κ3) is 4.88. The van der Waals surface area contributed by atoms with Crippen molar-refractivity contribution in [2.24, 2.45) is 0 Å². The summed E-state index contributed by atoms with van der Waals surface area (Å²) >= 11 is 0. The van der Waals surface area contributed by atoms with Crippen molar-refractivity contribution < 1.29 is 22.7 Å². The Labute approximate surface area is 194 Å². The summed E-state index contributed by atoms with van der Waals surface area (Å²) in [6.07, 6.45) is -3.79. The normalized spacial score (nSPS) is 11.6. The van der Waals surface area contributed by atoms with E-state index in [4.69, 9.17) is 4.74 Å². The molecule has 2 aromatic heterocycles. The van der Waals surface area contributed by atoms with Crippen LogP contribution in [-0.4, -0.2) is 27.3 Å². The zero-order valence-electron chi connectivity index (χ0n) is 18.9. The van der Waals surface area contributed by atoms with Crippen molar-refractivity contribution in [3.63, 3.8) is 0 Å². The summed E-state index contributed by atoms with van der Waals surface area (Å²) in [7, 11) is 0. The molecule has 0 bridgehead atoms. The van der Waals surface area contributed by atoms with Crippen LogP contribution in [0.1, 0.15) is 29.3 Å². The average molecular weight is 468 g/mol. The topological polar surface area (TPSA) is 69.0 Å². The third-order valence-corrected chi connectivity index (χ3v) is 5.36. The number of halogens is 3. The van der Waals surface area contributed by atoms with E-state index in [2.05, 4.69) is 15.4 Å². The van der Waals surface area contributed by atoms with Crippen LogP contribution in [0.15, 0.2) is 54.6 Å². The zero-order chi connectivity index (χ0) is 24.5. The number of nitrogens with one attached hydrogen (secondary N) is 1. The fourth-order valence-corrected chi connectivity index (χ4v) is 3.68. The Morgan fingerprint density at radius 2 is 1.82 bits per heavy atom.